The molecule has 0 unspecified atom stereocenters. The van der Waals surface area contributed by atoms with Gasteiger partial charge >= 0.3 is 12.1 Å². The summed E-state index contributed by atoms with van der Waals surface area (Å²) in [6, 6.07) is 6.65. The van der Waals surface area contributed by atoms with Gasteiger partial charge in [-0.3, -0.25) is 10.1 Å². The molecule has 1 aromatic heterocycles. The van der Waals surface area contributed by atoms with Crippen molar-refractivity contribution in [3.05, 3.63) is 76.2 Å². The Hall–Kier alpha value is -4.96. The molecule has 2 atom stereocenters. The Bertz CT molecular complexity index is 1650. The second kappa shape index (κ2) is 11.9. The van der Waals surface area contributed by atoms with Crippen molar-refractivity contribution in [2.45, 2.75) is 31.3 Å². The molecule has 3 aromatic rings. The third-order valence-electron chi connectivity index (χ3n) is 6.99. The van der Waals surface area contributed by atoms with E-state index >= 15 is 0 Å². The first kappa shape index (κ1) is 28.6. The molecular formula is C28H24ClF2N7O4. The molecule has 0 spiro atoms. The Balaban J connectivity index is 1.51. The number of urea groups is 1. The molecular weight excluding hydrogens is 572 g/mol. The van der Waals surface area contributed by atoms with E-state index in [4.69, 9.17) is 11.6 Å². The van der Waals surface area contributed by atoms with E-state index in [2.05, 4.69) is 30.7 Å². The van der Waals surface area contributed by atoms with Crippen molar-refractivity contribution in [2.75, 3.05) is 24.3 Å². The first-order valence-corrected chi connectivity index (χ1v) is 13.2. The number of carbonyl (C=O) groups is 3. The Morgan fingerprint density at radius 1 is 1.24 bits per heavy atom. The Morgan fingerprint density at radius 2 is 2.05 bits per heavy atom. The number of carbonyl (C=O) groups excluding carboxylic acids is 3. The van der Waals surface area contributed by atoms with Crippen LogP contribution in [0.5, 0.6) is 0 Å². The van der Waals surface area contributed by atoms with Crippen LogP contribution in [0.3, 0.4) is 0 Å². The van der Waals surface area contributed by atoms with Gasteiger partial charge in [-0.15, -0.1) is 0 Å². The zero-order valence-corrected chi connectivity index (χ0v) is 22.9. The smallest absolute Gasteiger partial charge is 0.411 e. The Labute approximate surface area is 243 Å². The summed E-state index contributed by atoms with van der Waals surface area (Å²) in [6.07, 6.45) is 3.05. The summed E-state index contributed by atoms with van der Waals surface area (Å²) < 4.78 is 33.8. The SMILES string of the molecule is COC(=O)Nc1ccc2c(c1)NC(=O)C/C=C/C[C@H](N1CC[C@@H](c3c(F)ccc(Cl)c3F)NC1=O)c1nc(C#N)c-2[nH]1. The van der Waals surface area contributed by atoms with Crippen molar-refractivity contribution >= 4 is 41.0 Å². The van der Waals surface area contributed by atoms with Crippen LogP contribution in [0.15, 0.2) is 42.5 Å². The lowest BCUT2D eigenvalue weighted by Gasteiger charge is -2.37. The Morgan fingerprint density at radius 3 is 2.79 bits per heavy atom. The van der Waals surface area contributed by atoms with Crippen molar-refractivity contribution in [3.8, 4) is 17.3 Å². The first-order valence-electron chi connectivity index (χ1n) is 12.8. The van der Waals surface area contributed by atoms with E-state index in [1.165, 1.54) is 18.1 Å². The molecule has 5 rings (SSSR count). The standard InChI is InChI=1S/C28H24ClF2N7O4/c1-42-28(41)33-14-6-7-15-19(12-14)34-22(39)5-3-2-4-21(26-35-20(13-32)25(15)37-26)38-11-10-18(36-27(38)40)23-17(30)9-8-16(29)24(23)31/h2-3,6-9,12,18,21H,4-5,10-11H2,1H3,(H,33,41)(H,34,39)(H,35,37)(H,36,40)/b3-2+/t18-,21-/m0/s1. The molecule has 0 saturated carbocycles. The van der Waals surface area contributed by atoms with Crippen LogP contribution in [-0.2, 0) is 9.53 Å². The third-order valence-corrected chi connectivity index (χ3v) is 7.28. The number of fused-ring (bicyclic) bond motifs is 4. The quantitative estimate of drug-likeness (QED) is 0.230. The van der Waals surface area contributed by atoms with Gasteiger partial charge in [0.1, 0.15) is 23.5 Å². The lowest BCUT2D eigenvalue weighted by Crippen LogP contribution is -2.49. The summed E-state index contributed by atoms with van der Waals surface area (Å²) in [5, 5.41) is 17.6. The highest BCUT2D eigenvalue weighted by Crippen LogP contribution is 2.37. The molecule has 4 amide bonds. The van der Waals surface area contributed by atoms with Crippen molar-refractivity contribution in [2.24, 2.45) is 0 Å². The molecule has 0 radical (unpaired) electrons. The van der Waals surface area contributed by atoms with Gasteiger partial charge in [0.25, 0.3) is 0 Å². The minimum absolute atomic E-state index is 0.00642. The number of aromatic nitrogens is 2. The molecule has 42 heavy (non-hydrogen) atoms. The summed E-state index contributed by atoms with van der Waals surface area (Å²) in [5.74, 6) is -1.81. The number of hydrogen-bond donors (Lipinski definition) is 4. The van der Waals surface area contributed by atoms with E-state index in [0.29, 0.717) is 28.5 Å². The number of aromatic amines is 1. The van der Waals surface area contributed by atoms with E-state index in [-0.39, 0.29) is 48.0 Å². The average molecular weight is 596 g/mol. The normalized spacial score (nSPS) is 19.3. The number of amides is 4. The second-order valence-electron chi connectivity index (χ2n) is 9.55. The van der Waals surface area contributed by atoms with Crippen molar-refractivity contribution in [3.63, 3.8) is 0 Å². The summed E-state index contributed by atoms with van der Waals surface area (Å²) in [5.41, 5.74) is 1.06. The van der Waals surface area contributed by atoms with Crippen LogP contribution in [-0.4, -0.2) is 46.6 Å². The number of hydrogen-bond acceptors (Lipinski definition) is 6. The molecule has 2 bridgehead atoms. The summed E-state index contributed by atoms with van der Waals surface area (Å²) >= 11 is 5.85. The second-order valence-corrected chi connectivity index (χ2v) is 9.96. The first-order chi connectivity index (χ1) is 20.2. The van der Waals surface area contributed by atoms with Gasteiger partial charge in [-0.25, -0.2) is 23.4 Å². The van der Waals surface area contributed by atoms with Gasteiger partial charge < -0.3 is 25.3 Å². The fourth-order valence-electron chi connectivity index (χ4n) is 4.99. The number of imidazole rings is 1. The molecule has 1 saturated heterocycles. The highest BCUT2D eigenvalue weighted by molar-refractivity contribution is 6.30. The molecule has 3 heterocycles. The average Bonchev–Trinajstić information content (AvgIpc) is 3.39. The van der Waals surface area contributed by atoms with Gasteiger partial charge in [-0.1, -0.05) is 23.8 Å². The van der Waals surface area contributed by atoms with E-state index < -0.39 is 35.8 Å². The fraction of sp³-hybridized carbons (Fsp3) is 0.250. The number of nitrogens with zero attached hydrogens (tertiary/aromatic N) is 3. The van der Waals surface area contributed by atoms with Crippen LogP contribution in [0.25, 0.3) is 11.3 Å². The molecule has 2 aromatic carbocycles. The number of methoxy groups -OCH3 is 1. The number of nitriles is 1. The number of H-pyrrole nitrogens is 1. The summed E-state index contributed by atoms with van der Waals surface area (Å²) in [6.45, 7) is 0.109. The van der Waals surface area contributed by atoms with Crippen LogP contribution in [0.2, 0.25) is 5.02 Å². The minimum atomic E-state index is -0.945. The van der Waals surface area contributed by atoms with Gasteiger partial charge in [-0.05, 0) is 43.2 Å². The van der Waals surface area contributed by atoms with Crippen LogP contribution >= 0.6 is 11.6 Å². The number of ether oxygens (including phenoxy) is 1. The topological polar surface area (TPSA) is 152 Å². The van der Waals surface area contributed by atoms with E-state index in [1.54, 1.807) is 24.3 Å². The van der Waals surface area contributed by atoms with Gasteiger partial charge in [0.2, 0.25) is 5.91 Å². The van der Waals surface area contributed by atoms with E-state index in [9.17, 15) is 28.4 Å². The fourth-order valence-corrected chi connectivity index (χ4v) is 5.16. The summed E-state index contributed by atoms with van der Waals surface area (Å²) in [4.78, 5) is 46.9. The monoisotopic (exact) mass is 595 g/mol. The molecule has 0 aliphatic carbocycles. The largest absolute Gasteiger partial charge is 0.453 e. The highest BCUT2D eigenvalue weighted by Gasteiger charge is 2.36. The highest BCUT2D eigenvalue weighted by atomic mass is 35.5. The number of rotatable bonds is 3. The number of nitrogens with one attached hydrogen (secondary N) is 4. The van der Waals surface area contributed by atoms with Crippen LogP contribution in [0, 0.1) is 23.0 Å². The van der Waals surface area contributed by atoms with E-state index in [0.717, 1.165) is 12.1 Å². The van der Waals surface area contributed by atoms with Crippen molar-refractivity contribution < 1.29 is 27.9 Å². The maximum Gasteiger partial charge on any atom is 0.411 e. The zero-order valence-electron chi connectivity index (χ0n) is 22.1. The predicted molar refractivity (Wildman–Crippen MR) is 148 cm³/mol. The maximum absolute atomic E-state index is 14.7. The van der Waals surface area contributed by atoms with Crippen molar-refractivity contribution in [1.29, 1.82) is 5.26 Å². The van der Waals surface area contributed by atoms with Crippen LogP contribution in [0.4, 0.5) is 29.7 Å². The number of halogens is 3. The van der Waals surface area contributed by atoms with E-state index in [1.807, 2.05) is 6.07 Å². The maximum atomic E-state index is 14.7. The molecule has 14 heteroatoms. The van der Waals surface area contributed by atoms with Crippen LogP contribution < -0.4 is 16.0 Å². The lowest BCUT2D eigenvalue weighted by atomic mass is 9.99. The Kier molecular flexibility index (Phi) is 8.08. The minimum Gasteiger partial charge on any atom is -0.453 e. The predicted octanol–water partition coefficient (Wildman–Crippen LogP) is 5.54. The zero-order chi connectivity index (χ0) is 30.0. The molecule has 2 aliphatic rings. The lowest BCUT2D eigenvalue weighted by molar-refractivity contribution is -0.115. The van der Waals surface area contributed by atoms with Gasteiger partial charge in [0.05, 0.1) is 35.6 Å². The molecule has 1 fully saturated rings. The molecule has 216 valence electrons. The van der Waals surface area contributed by atoms with Gasteiger partial charge in [0.15, 0.2) is 5.69 Å². The summed E-state index contributed by atoms with van der Waals surface area (Å²) in [7, 11) is 1.22. The molecule has 11 nitrogen and oxygen atoms in total. The number of benzene rings is 2. The van der Waals surface area contributed by atoms with Crippen molar-refractivity contribution in [1.82, 2.24) is 20.2 Å². The van der Waals surface area contributed by atoms with Gasteiger partial charge in [0, 0.05) is 29.8 Å². The van der Waals surface area contributed by atoms with Crippen LogP contribution in [0.1, 0.15) is 48.4 Å². The molecule has 4 N–H and O–H groups in total. The number of anilines is 2. The van der Waals surface area contributed by atoms with Gasteiger partial charge in [-0.2, -0.15) is 5.26 Å². The third kappa shape index (κ3) is 5.61. The molecule has 2 aliphatic heterocycles.